The van der Waals surface area contributed by atoms with Crippen LogP contribution in [-0.4, -0.2) is 61.4 Å². The van der Waals surface area contributed by atoms with E-state index in [1.807, 2.05) is 0 Å². The number of nitrogens with zero attached hydrogens (tertiary/aromatic N) is 2. The van der Waals surface area contributed by atoms with Gasteiger partial charge in [-0.05, 0) is 19.0 Å². The zero-order valence-corrected chi connectivity index (χ0v) is 15.2. The molecule has 0 unspecified atom stereocenters. The molecule has 0 bridgehead atoms. The maximum atomic E-state index is 12.6. The Kier molecular flexibility index (Phi) is 6.20. The van der Waals surface area contributed by atoms with Crippen LogP contribution in [-0.2, 0) is 0 Å². The zero-order chi connectivity index (χ0) is 18.5. The van der Waals surface area contributed by atoms with Gasteiger partial charge in [-0.3, -0.25) is 9.69 Å². The normalized spacial score (nSPS) is 22.5. The van der Waals surface area contributed by atoms with E-state index >= 15 is 0 Å². The maximum absolute atomic E-state index is 12.6. The number of β-amino-alcohol motifs (C(OH)–C–C–N with tert-alkyl or cyclic N) is 1. The Balaban J connectivity index is 1.58. The van der Waals surface area contributed by atoms with Gasteiger partial charge in [0.2, 0.25) is 0 Å². The molecule has 1 saturated heterocycles. The molecule has 2 N–H and O–H groups in total. The second-order valence-electron chi connectivity index (χ2n) is 6.51. The first-order chi connectivity index (χ1) is 12.6. The highest BCUT2D eigenvalue weighted by atomic mass is 35.5. The fraction of sp³-hybridized carbons (Fsp3) is 0.556. The minimum Gasteiger partial charge on any atom is -0.486 e. The van der Waals surface area contributed by atoms with Gasteiger partial charge in [0, 0.05) is 43.1 Å². The average molecular weight is 380 g/mol. The van der Waals surface area contributed by atoms with Crippen molar-refractivity contribution in [3.8, 4) is 17.6 Å². The predicted molar refractivity (Wildman–Crippen MR) is 95.6 cm³/mol. The molecule has 0 aromatic heterocycles. The third-order valence-corrected chi connectivity index (χ3v) is 4.94. The number of hydrogen-bond donors (Lipinski definition) is 2. The fourth-order valence-corrected chi connectivity index (χ4v) is 3.51. The van der Waals surface area contributed by atoms with Gasteiger partial charge < -0.3 is 19.9 Å². The summed E-state index contributed by atoms with van der Waals surface area (Å²) >= 11 is 6.07. The van der Waals surface area contributed by atoms with Gasteiger partial charge in [-0.2, -0.15) is 5.26 Å². The molecule has 1 aromatic carbocycles. The molecule has 8 heteroatoms. The van der Waals surface area contributed by atoms with Crippen LogP contribution < -0.4 is 14.8 Å². The lowest BCUT2D eigenvalue weighted by molar-refractivity contribution is 0.0230. The molecule has 7 nitrogen and oxygen atoms in total. The van der Waals surface area contributed by atoms with Gasteiger partial charge in [-0.15, -0.1) is 0 Å². The fourth-order valence-electron chi connectivity index (χ4n) is 3.30. The van der Waals surface area contributed by atoms with Gasteiger partial charge in [0.05, 0.1) is 17.7 Å². The number of amides is 1. The SMILES string of the molecule is N#CCCN1CC[C@H](CNC(=O)c2cc(Cl)cc3c2OCCO3)[C@@H](O)C1. The number of piperidine rings is 1. The molecule has 2 aliphatic heterocycles. The second-order valence-corrected chi connectivity index (χ2v) is 6.95. The largest absolute Gasteiger partial charge is 0.486 e. The predicted octanol–water partition coefficient (Wildman–Crippen LogP) is 1.44. The van der Waals surface area contributed by atoms with Crippen molar-refractivity contribution in [1.82, 2.24) is 10.2 Å². The van der Waals surface area contributed by atoms with Crippen LogP contribution in [0.5, 0.6) is 11.5 Å². The van der Waals surface area contributed by atoms with E-state index in [-0.39, 0.29) is 11.8 Å². The maximum Gasteiger partial charge on any atom is 0.255 e. The molecule has 3 rings (SSSR count). The van der Waals surface area contributed by atoms with E-state index in [0.717, 1.165) is 13.0 Å². The average Bonchev–Trinajstić information content (AvgIpc) is 2.64. The number of halogens is 1. The lowest BCUT2D eigenvalue weighted by atomic mass is 9.93. The van der Waals surface area contributed by atoms with Crippen LogP contribution in [0, 0.1) is 17.2 Å². The molecule has 0 aliphatic carbocycles. The Morgan fingerprint density at radius 3 is 3.00 bits per heavy atom. The van der Waals surface area contributed by atoms with E-state index in [1.165, 1.54) is 0 Å². The number of fused-ring (bicyclic) bond motifs is 1. The van der Waals surface area contributed by atoms with Crippen molar-refractivity contribution in [2.45, 2.75) is 18.9 Å². The van der Waals surface area contributed by atoms with Crippen molar-refractivity contribution in [3.63, 3.8) is 0 Å². The molecule has 1 amide bonds. The summed E-state index contributed by atoms with van der Waals surface area (Å²) in [6.45, 7) is 3.17. The molecule has 1 aromatic rings. The van der Waals surface area contributed by atoms with Gasteiger partial charge in [0.1, 0.15) is 13.2 Å². The number of likely N-dealkylation sites (tertiary alicyclic amines) is 1. The minimum absolute atomic E-state index is 0.0236. The van der Waals surface area contributed by atoms with Gasteiger partial charge >= 0.3 is 0 Å². The van der Waals surface area contributed by atoms with E-state index in [9.17, 15) is 9.90 Å². The number of nitrogens with one attached hydrogen (secondary N) is 1. The summed E-state index contributed by atoms with van der Waals surface area (Å²) in [6, 6.07) is 5.31. The molecular formula is C18H22ClN3O4. The van der Waals surface area contributed by atoms with Crippen molar-refractivity contribution in [3.05, 3.63) is 22.7 Å². The monoisotopic (exact) mass is 379 g/mol. The topological polar surface area (TPSA) is 94.8 Å². The third-order valence-electron chi connectivity index (χ3n) is 4.72. The smallest absolute Gasteiger partial charge is 0.255 e. The van der Waals surface area contributed by atoms with Crippen molar-refractivity contribution < 1.29 is 19.4 Å². The highest BCUT2D eigenvalue weighted by Crippen LogP contribution is 2.36. The number of hydrogen-bond acceptors (Lipinski definition) is 6. The highest BCUT2D eigenvalue weighted by Gasteiger charge is 2.28. The molecule has 2 heterocycles. The summed E-state index contributed by atoms with van der Waals surface area (Å²) in [4.78, 5) is 14.7. The first-order valence-corrected chi connectivity index (χ1v) is 9.11. The Morgan fingerprint density at radius 2 is 2.23 bits per heavy atom. The molecule has 2 atom stereocenters. The van der Waals surface area contributed by atoms with E-state index in [0.29, 0.717) is 61.4 Å². The Labute approximate surface area is 157 Å². The van der Waals surface area contributed by atoms with Crippen LogP contribution in [0.1, 0.15) is 23.2 Å². The molecular weight excluding hydrogens is 358 g/mol. The summed E-state index contributed by atoms with van der Waals surface area (Å²) < 4.78 is 11.1. The highest BCUT2D eigenvalue weighted by molar-refractivity contribution is 6.31. The first kappa shape index (κ1) is 18.8. The summed E-state index contributed by atoms with van der Waals surface area (Å²) in [6.07, 6.45) is 0.687. The van der Waals surface area contributed by atoms with Crippen LogP contribution in [0.2, 0.25) is 5.02 Å². The van der Waals surface area contributed by atoms with E-state index in [4.69, 9.17) is 26.3 Å². The number of rotatable bonds is 5. The van der Waals surface area contributed by atoms with Crippen LogP contribution in [0.3, 0.4) is 0 Å². The standard InChI is InChI=1S/C18H22ClN3O4/c19-13-8-14(17-16(9-13)25-6-7-26-17)18(24)21-10-12-2-5-22(4-1-3-20)11-15(12)23/h8-9,12,15,23H,1-2,4-7,10-11H2,(H,21,24)/t12-,15+/m1/s1. The lowest BCUT2D eigenvalue weighted by Gasteiger charge is -2.35. The van der Waals surface area contributed by atoms with Crippen LogP contribution >= 0.6 is 11.6 Å². The molecule has 0 radical (unpaired) electrons. The first-order valence-electron chi connectivity index (χ1n) is 8.73. The number of aliphatic hydroxyl groups excluding tert-OH is 1. The van der Waals surface area contributed by atoms with Gasteiger partial charge in [0.15, 0.2) is 11.5 Å². The number of nitriles is 1. The summed E-state index contributed by atoms with van der Waals surface area (Å²) in [5.74, 6) is 0.558. The number of benzene rings is 1. The Bertz CT molecular complexity index is 706. The summed E-state index contributed by atoms with van der Waals surface area (Å²) in [7, 11) is 0. The molecule has 140 valence electrons. The Morgan fingerprint density at radius 1 is 1.42 bits per heavy atom. The Hall–Kier alpha value is -2.01. The second kappa shape index (κ2) is 8.58. The third kappa shape index (κ3) is 4.39. The van der Waals surface area contributed by atoms with Crippen LogP contribution in [0.4, 0.5) is 0 Å². The van der Waals surface area contributed by atoms with Crippen molar-refractivity contribution >= 4 is 17.5 Å². The summed E-state index contributed by atoms with van der Waals surface area (Å²) in [5.41, 5.74) is 0.341. The van der Waals surface area contributed by atoms with E-state index < -0.39 is 6.10 Å². The van der Waals surface area contributed by atoms with Gasteiger partial charge in [0.25, 0.3) is 5.91 Å². The molecule has 1 fully saturated rings. The number of ether oxygens (including phenoxy) is 2. The molecule has 2 aliphatic rings. The number of aliphatic hydroxyl groups is 1. The number of carbonyl (C=O) groups excluding carboxylic acids is 1. The van der Waals surface area contributed by atoms with Crippen LogP contribution in [0.25, 0.3) is 0 Å². The van der Waals surface area contributed by atoms with E-state index in [2.05, 4.69) is 16.3 Å². The quantitative estimate of drug-likeness (QED) is 0.803. The molecule has 26 heavy (non-hydrogen) atoms. The van der Waals surface area contributed by atoms with Crippen molar-refractivity contribution in [2.24, 2.45) is 5.92 Å². The van der Waals surface area contributed by atoms with Crippen molar-refractivity contribution in [2.75, 3.05) is 39.4 Å². The van der Waals surface area contributed by atoms with E-state index in [1.54, 1.807) is 12.1 Å². The molecule has 0 saturated carbocycles. The van der Waals surface area contributed by atoms with Gasteiger partial charge in [-0.1, -0.05) is 11.6 Å². The van der Waals surface area contributed by atoms with Gasteiger partial charge in [-0.25, -0.2) is 0 Å². The number of carbonyl (C=O) groups is 1. The zero-order valence-electron chi connectivity index (χ0n) is 14.4. The van der Waals surface area contributed by atoms with Crippen LogP contribution in [0.15, 0.2) is 12.1 Å². The molecule has 0 spiro atoms. The summed E-state index contributed by atoms with van der Waals surface area (Å²) in [5, 5.41) is 22.3. The lowest BCUT2D eigenvalue weighted by Crippen LogP contribution is -2.47. The van der Waals surface area contributed by atoms with Crippen molar-refractivity contribution in [1.29, 1.82) is 5.26 Å². The minimum atomic E-state index is -0.532.